The molecule has 0 saturated carbocycles. The molecule has 0 fully saturated rings. The first-order chi connectivity index (χ1) is 15.9. The topological polar surface area (TPSA) is 11.4 Å². The van der Waals surface area contributed by atoms with Crippen molar-refractivity contribution >= 4 is 38.9 Å². The zero-order valence-electron chi connectivity index (χ0n) is 19.7. The van der Waals surface area contributed by atoms with Gasteiger partial charge >= 0.3 is 0 Å². The van der Waals surface area contributed by atoms with Crippen LogP contribution in [0.1, 0.15) is 20.8 Å². The van der Waals surface area contributed by atoms with Crippen molar-refractivity contribution in [3.63, 3.8) is 0 Å². The zero-order valence-corrected chi connectivity index (χ0v) is 19.7. The van der Waals surface area contributed by atoms with Crippen LogP contribution in [0.4, 0.5) is 17.1 Å². The maximum Gasteiger partial charge on any atom is 0.0950 e. The van der Waals surface area contributed by atoms with Crippen molar-refractivity contribution < 1.29 is 0 Å². The molecule has 6 rings (SSSR count). The van der Waals surface area contributed by atoms with E-state index in [-0.39, 0.29) is 5.54 Å². The summed E-state index contributed by atoms with van der Waals surface area (Å²) >= 11 is 0. The number of fused-ring (bicyclic) bond motifs is 4. The number of rotatable bonds is 2. The van der Waals surface area contributed by atoms with Crippen molar-refractivity contribution in [1.82, 2.24) is 4.57 Å². The Kier molecular flexibility index (Phi) is 4.31. The second-order valence-corrected chi connectivity index (χ2v) is 10.1. The standard InChI is InChI=1S/C30H29N3/c1-30(2,3)33-26-10-6-5-9-24(26)25-18-15-22(19-29(25)33)21-13-16-23(17-14-21)32-20-31(4)27-11-7-8-12-28(27)32/h5-19H,20H2,1-4H3. The number of benzene rings is 4. The third-order valence-electron chi connectivity index (χ3n) is 6.79. The van der Waals surface area contributed by atoms with E-state index in [0.717, 1.165) is 6.67 Å². The smallest absolute Gasteiger partial charge is 0.0950 e. The first-order valence-electron chi connectivity index (χ1n) is 11.6. The predicted molar refractivity (Wildman–Crippen MR) is 142 cm³/mol. The molecule has 2 heterocycles. The first-order valence-corrected chi connectivity index (χ1v) is 11.6. The maximum absolute atomic E-state index is 2.48. The molecule has 0 radical (unpaired) electrons. The summed E-state index contributed by atoms with van der Waals surface area (Å²) in [7, 11) is 2.15. The van der Waals surface area contributed by atoms with Crippen molar-refractivity contribution in [2.24, 2.45) is 0 Å². The Hall–Kier alpha value is -3.72. The molecular weight excluding hydrogens is 402 g/mol. The number of hydrogen-bond acceptors (Lipinski definition) is 2. The van der Waals surface area contributed by atoms with E-state index in [1.54, 1.807) is 0 Å². The fourth-order valence-electron chi connectivity index (χ4n) is 5.31. The molecule has 1 aromatic heterocycles. The summed E-state index contributed by atoms with van der Waals surface area (Å²) in [6.45, 7) is 7.72. The molecule has 3 heteroatoms. The minimum atomic E-state index is -0.000987. The van der Waals surface area contributed by atoms with Gasteiger partial charge in [-0.15, -0.1) is 0 Å². The molecule has 0 N–H and O–H groups in total. The summed E-state index contributed by atoms with van der Waals surface area (Å²) in [5.74, 6) is 0. The van der Waals surface area contributed by atoms with Gasteiger partial charge in [0.05, 0.1) is 23.6 Å². The number of anilines is 3. The summed E-state index contributed by atoms with van der Waals surface area (Å²) in [5, 5.41) is 2.64. The predicted octanol–water partition coefficient (Wildman–Crippen LogP) is 7.76. The Morgan fingerprint density at radius 3 is 2.03 bits per heavy atom. The molecule has 0 aliphatic carbocycles. The van der Waals surface area contributed by atoms with Crippen LogP contribution >= 0.6 is 0 Å². The van der Waals surface area contributed by atoms with Crippen LogP contribution in [0.3, 0.4) is 0 Å². The van der Waals surface area contributed by atoms with Crippen LogP contribution < -0.4 is 9.80 Å². The van der Waals surface area contributed by atoms with Gasteiger partial charge in [-0.3, -0.25) is 0 Å². The Bertz CT molecular complexity index is 1490. The van der Waals surface area contributed by atoms with Crippen molar-refractivity contribution in [3.05, 3.63) is 91.0 Å². The van der Waals surface area contributed by atoms with Crippen LogP contribution in [-0.2, 0) is 5.54 Å². The average molecular weight is 432 g/mol. The SMILES string of the molecule is CN1CN(c2ccc(-c3ccc4c5ccccc5n(C(C)(C)C)c4c3)cc2)c2ccccc21. The van der Waals surface area contributed by atoms with Gasteiger partial charge in [0.1, 0.15) is 0 Å². The van der Waals surface area contributed by atoms with Crippen LogP contribution in [0.2, 0.25) is 0 Å². The summed E-state index contributed by atoms with van der Waals surface area (Å²) in [5.41, 5.74) is 8.85. The van der Waals surface area contributed by atoms with E-state index >= 15 is 0 Å². The highest BCUT2D eigenvalue weighted by atomic mass is 15.4. The molecule has 4 aromatic carbocycles. The molecule has 0 unspecified atom stereocenters. The molecule has 1 aliphatic heterocycles. The minimum Gasteiger partial charge on any atom is -0.355 e. The van der Waals surface area contributed by atoms with Crippen LogP contribution in [0, 0.1) is 0 Å². The Morgan fingerprint density at radius 1 is 0.636 bits per heavy atom. The monoisotopic (exact) mass is 431 g/mol. The summed E-state index contributed by atoms with van der Waals surface area (Å²) in [6, 6.07) is 33.2. The lowest BCUT2D eigenvalue weighted by Gasteiger charge is -2.24. The van der Waals surface area contributed by atoms with E-state index in [1.165, 1.54) is 50.0 Å². The molecule has 0 amide bonds. The molecule has 164 valence electrons. The van der Waals surface area contributed by atoms with Gasteiger partial charge in [-0.1, -0.05) is 54.6 Å². The van der Waals surface area contributed by atoms with Crippen LogP contribution in [-0.4, -0.2) is 18.3 Å². The van der Waals surface area contributed by atoms with Gasteiger partial charge in [0, 0.05) is 34.6 Å². The largest absolute Gasteiger partial charge is 0.355 e. The molecule has 0 spiro atoms. The normalized spacial score (nSPS) is 13.8. The minimum absolute atomic E-state index is 0.000987. The number of aromatic nitrogens is 1. The van der Waals surface area contributed by atoms with Gasteiger partial charge < -0.3 is 14.4 Å². The van der Waals surface area contributed by atoms with Gasteiger partial charge in [0.25, 0.3) is 0 Å². The molecule has 0 atom stereocenters. The van der Waals surface area contributed by atoms with Crippen molar-refractivity contribution in [2.45, 2.75) is 26.3 Å². The molecular formula is C30H29N3. The van der Waals surface area contributed by atoms with Gasteiger partial charge in [0.15, 0.2) is 0 Å². The highest BCUT2D eigenvalue weighted by Gasteiger charge is 2.24. The van der Waals surface area contributed by atoms with Crippen molar-refractivity contribution in [1.29, 1.82) is 0 Å². The Balaban J connectivity index is 1.43. The quantitative estimate of drug-likeness (QED) is 0.283. The molecule has 0 bridgehead atoms. The van der Waals surface area contributed by atoms with E-state index in [9.17, 15) is 0 Å². The van der Waals surface area contributed by atoms with Crippen molar-refractivity contribution in [3.8, 4) is 11.1 Å². The molecule has 5 aromatic rings. The first kappa shape index (κ1) is 19.9. The third-order valence-corrected chi connectivity index (χ3v) is 6.79. The van der Waals surface area contributed by atoms with E-state index in [4.69, 9.17) is 0 Å². The van der Waals surface area contributed by atoms with E-state index in [0.29, 0.717) is 0 Å². The van der Waals surface area contributed by atoms with E-state index in [1.807, 2.05) is 0 Å². The molecule has 33 heavy (non-hydrogen) atoms. The fraction of sp³-hybridized carbons (Fsp3) is 0.200. The van der Waals surface area contributed by atoms with E-state index < -0.39 is 0 Å². The average Bonchev–Trinajstić information content (AvgIpc) is 3.34. The fourth-order valence-corrected chi connectivity index (χ4v) is 5.31. The Morgan fingerprint density at radius 2 is 1.27 bits per heavy atom. The van der Waals surface area contributed by atoms with Crippen molar-refractivity contribution in [2.75, 3.05) is 23.5 Å². The van der Waals surface area contributed by atoms with Crippen LogP contribution in [0.5, 0.6) is 0 Å². The maximum atomic E-state index is 2.48. The van der Waals surface area contributed by atoms with Crippen LogP contribution in [0.15, 0.2) is 91.0 Å². The summed E-state index contributed by atoms with van der Waals surface area (Å²) < 4.78 is 2.48. The number of hydrogen-bond donors (Lipinski definition) is 0. The highest BCUT2D eigenvalue weighted by Crippen LogP contribution is 2.40. The number of nitrogens with zero attached hydrogens (tertiary/aromatic N) is 3. The second kappa shape index (κ2) is 7.14. The van der Waals surface area contributed by atoms with E-state index in [2.05, 4.69) is 133 Å². The Labute approximate surface area is 195 Å². The lowest BCUT2D eigenvalue weighted by Crippen LogP contribution is -2.23. The van der Waals surface area contributed by atoms with Gasteiger partial charge in [-0.25, -0.2) is 0 Å². The lowest BCUT2D eigenvalue weighted by molar-refractivity contribution is 0.423. The molecule has 3 nitrogen and oxygen atoms in total. The molecule has 1 aliphatic rings. The number of para-hydroxylation sites is 3. The third kappa shape index (κ3) is 3.11. The summed E-state index contributed by atoms with van der Waals surface area (Å²) in [4.78, 5) is 4.67. The van der Waals surface area contributed by atoms with Gasteiger partial charge in [-0.2, -0.15) is 0 Å². The summed E-state index contributed by atoms with van der Waals surface area (Å²) in [6.07, 6.45) is 0. The lowest BCUT2D eigenvalue weighted by atomic mass is 10.0. The van der Waals surface area contributed by atoms with Gasteiger partial charge in [-0.05, 0) is 68.3 Å². The zero-order chi connectivity index (χ0) is 22.7. The van der Waals surface area contributed by atoms with Gasteiger partial charge in [0.2, 0.25) is 0 Å². The molecule has 0 saturated heterocycles. The highest BCUT2D eigenvalue weighted by molar-refractivity contribution is 6.09. The van der Waals surface area contributed by atoms with Crippen LogP contribution in [0.25, 0.3) is 32.9 Å². The second-order valence-electron chi connectivity index (χ2n) is 10.1.